The Balaban J connectivity index is 1.47. The number of carbonyl (C=O) groups is 3. The third-order valence-corrected chi connectivity index (χ3v) is 7.85. The molecule has 4 rings (SSSR count). The number of rotatable bonds is 7. The lowest BCUT2D eigenvalue weighted by Crippen LogP contribution is -2.42. The number of nitrogens with zero attached hydrogens (tertiary/aromatic N) is 2. The molecule has 9 heteroatoms. The zero-order valence-electron chi connectivity index (χ0n) is 20.4. The van der Waals surface area contributed by atoms with Gasteiger partial charge in [0.15, 0.2) is 11.5 Å². The molecule has 2 saturated heterocycles. The van der Waals surface area contributed by atoms with E-state index < -0.39 is 11.1 Å². The van der Waals surface area contributed by atoms with Gasteiger partial charge in [-0.3, -0.25) is 19.3 Å². The Hall–Kier alpha value is -2.53. The van der Waals surface area contributed by atoms with Gasteiger partial charge in [-0.15, -0.1) is 0 Å². The molecule has 0 aliphatic carbocycles. The topological polar surface area (TPSA) is 76.2 Å². The summed E-state index contributed by atoms with van der Waals surface area (Å²) in [5.74, 6) is 0.540. The van der Waals surface area contributed by atoms with Crippen LogP contribution in [0.1, 0.15) is 42.4 Å². The smallest absolute Gasteiger partial charge is 0.294 e. The molecule has 2 aromatic carbocycles. The fourth-order valence-corrected chi connectivity index (χ4v) is 5.88. The number of aryl methyl sites for hydroxylation is 1. The lowest BCUT2D eigenvalue weighted by Gasteiger charge is -2.22. The minimum absolute atomic E-state index is 0.174. The number of halogens is 1. The first-order valence-electron chi connectivity index (χ1n) is 11.9. The molecule has 2 aliphatic heterocycles. The van der Waals surface area contributed by atoms with E-state index in [4.69, 9.17) is 9.47 Å². The van der Waals surface area contributed by atoms with Crippen molar-refractivity contribution in [2.24, 2.45) is 0 Å². The molecule has 2 fully saturated rings. The maximum Gasteiger partial charge on any atom is 0.294 e. The minimum atomic E-state index is -0.443. The van der Waals surface area contributed by atoms with E-state index in [0.29, 0.717) is 36.8 Å². The van der Waals surface area contributed by atoms with Crippen LogP contribution in [-0.2, 0) is 16.2 Å². The second-order valence-electron chi connectivity index (χ2n) is 8.87. The first kappa shape index (κ1) is 26.5. The number of benzene rings is 2. The lowest BCUT2D eigenvalue weighted by molar-refractivity contribution is -0.135. The predicted molar refractivity (Wildman–Crippen MR) is 149 cm³/mol. The van der Waals surface area contributed by atoms with Crippen molar-refractivity contribution in [1.29, 1.82) is 0 Å². The van der Waals surface area contributed by atoms with E-state index >= 15 is 0 Å². The molecule has 0 spiro atoms. The Morgan fingerprint density at radius 2 is 1.86 bits per heavy atom. The molecule has 0 radical (unpaired) electrons. The maximum atomic E-state index is 13.0. The molecule has 0 bridgehead atoms. The molecular formula is C27H29IN2O5S. The van der Waals surface area contributed by atoms with Crippen LogP contribution in [0.5, 0.6) is 11.5 Å². The molecule has 0 atom stereocenters. The van der Waals surface area contributed by atoms with Crippen LogP contribution in [0.3, 0.4) is 0 Å². The molecule has 3 amide bonds. The van der Waals surface area contributed by atoms with Gasteiger partial charge in [0.2, 0.25) is 5.91 Å². The number of hydrogen-bond acceptors (Lipinski definition) is 6. The van der Waals surface area contributed by atoms with Crippen LogP contribution in [-0.4, -0.2) is 53.6 Å². The second kappa shape index (κ2) is 12.1. The molecule has 2 aromatic rings. The molecule has 36 heavy (non-hydrogen) atoms. The van der Waals surface area contributed by atoms with Crippen LogP contribution < -0.4 is 9.47 Å². The van der Waals surface area contributed by atoms with Gasteiger partial charge in [0.25, 0.3) is 11.1 Å². The van der Waals surface area contributed by atoms with Gasteiger partial charge >= 0.3 is 0 Å². The molecule has 0 unspecified atom stereocenters. The van der Waals surface area contributed by atoms with Crippen molar-refractivity contribution in [3.05, 3.63) is 61.6 Å². The van der Waals surface area contributed by atoms with Crippen LogP contribution in [0.25, 0.3) is 6.08 Å². The van der Waals surface area contributed by atoms with E-state index in [1.807, 2.05) is 31.2 Å². The van der Waals surface area contributed by atoms with Crippen molar-refractivity contribution in [1.82, 2.24) is 9.80 Å². The van der Waals surface area contributed by atoms with Crippen molar-refractivity contribution in [2.45, 2.75) is 39.2 Å². The number of amides is 3. The number of ether oxygens (including phenoxy) is 2. The zero-order valence-corrected chi connectivity index (χ0v) is 23.4. The quantitative estimate of drug-likeness (QED) is 0.295. The summed E-state index contributed by atoms with van der Waals surface area (Å²) in [5, 5.41) is -0.422. The average Bonchev–Trinajstić information content (AvgIpc) is 3.04. The number of methoxy groups -OCH3 is 1. The van der Waals surface area contributed by atoms with Gasteiger partial charge in [-0.05, 0) is 83.5 Å². The van der Waals surface area contributed by atoms with E-state index in [9.17, 15) is 14.4 Å². The van der Waals surface area contributed by atoms with Crippen LogP contribution in [0.4, 0.5) is 4.79 Å². The lowest BCUT2D eigenvalue weighted by atomic mass is 10.1. The summed E-state index contributed by atoms with van der Waals surface area (Å²) < 4.78 is 12.4. The van der Waals surface area contributed by atoms with Crippen molar-refractivity contribution in [2.75, 3.05) is 26.7 Å². The Morgan fingerprint density at radius 3 is 2.56 bits per heavy atom. The average molecular weight is 621 g/mol. The molecule has 190 valence electrons. The standard InChI is InChI=1S/C27H29IN2O5S/c1-18-8-7-9-19(12-18)17-35-25-21(28)13-20(14-22(25)34-2)15-23-26(32)30(27(33)36-23)16-24(31)29-10-5-3-4-6-11-29/h7-9,12-15H,3-6,10-11,16-17H2,1-2H3. The first-order chi connectivity index (χ1) is 17.4. The van der Waals surface area contributed by atoms with Crippen LogP contribution in [0.2, 0.25) is 0 Å². The van der Waals surface area contributed by atoms with Gasteiger partial charge < -0.3 is 14.4 Å². The molecule has 0 saturated carbocycles. The van der Waals surface area contributed by atoms with Gasteiger partial charge in [0.05, 0.1) is 15.6 Å². The van der Waals surface area contributed by atoms with Crippen molar-refractivity contribution in [3.8, 4) is 11.5 Å². The highest BCUT2D eigenvalue weighted by Gasteiger charge is 2.37. The van der Waals surface area contributed by atoms with Gasteiger partial charge in [-0.2, -0.15) is 0 Å². The summed E-state index contributed by atoms with van der Waals surface area (Å²) in [6, 6.07) is 11.8. The Morgan fingerprint density at radius 1 is 1.11 bits per heavy atom. The van der Waals surface area contributed by atoms with E-state index in [1.54, 1.807) is 24.2 Å². The van der Waals surface area contributed by atoms with Crippen molar-refractivity contribution in [3.63, 3.8) is 0 Å². The summed E-state index contributed by atoms with van der Waals surface area (Å²) in [5.41, 5.74) is 2.93. The zero-order chi connectivity index (χ0) is 25.7. The fraction of sp³-hybridized carbons (Fsp3) is 0.370. The first-order valence-corrected chi connectivity index (χ1v) is 13.8. The van der Waals surface area contributed by atoms with E-state index in [0.717, 1.165) is 57.0 Å². The molecule has 0 aromatic heterocycles. The molecule has 0 N–H and O–H groups in total. The number of hydrogen-bond donors (Lipinski definition) is 0. The Bertz CT molecular complexity index is 1190. The van der Waals surface area contributed by atoms with Crippen LogP contribution >= 0.6 is 34.4 Å². The molecule has 2 heterocycles. The van der Waals surface area contributed by atoms with Crippen molar-refractivity contribution < 1.29 is 23.9 Å². The Labute approximate surface area is 229 Å². The number of thioether (sulfide) groups is 1. The van der Waals surface area contributed by atoms with Crippen molar-refractivity contribution >= 4 is 57.5 Å². The Kier molecular flexibility index (Phi) is 8.95. The number of imide groups is 1. The summed E-state index contributed by atoms with van der Waals surface area (Å²) in [6.45, 7) is 3.59. The third kappa shape index (κ3) is 6.42. The number of likely N-dealkylation sites (tertiary alicyclic amines) is 1. The third-order valence-electron chi connectivity index (χ3n) is 6.14. The van der Waals surface area contributed by atoms with Crippen LogP contribution in [0.15, 0.2) is 41.3 Å². The minimum Gasteiger partial charge on any atom is -0.493 e. The summed E-state index contributed by atoms with van der Waals surface area (Å²) in [4.78, 5) is 41.4. The van der Waals surface area contributed by atoms with Crippen LogP contribution in [0, 0.1) is 10.5 Å². The summed E-state index contributed by atoms with van der Waals surface area (Å²) in [7, 11) is 1.57. The molecule has 2 aliphatic rings. The van der Waals surface area contributed by atoms with E-state index in [1.165, 1.54) is 0 Å². The van der Waals surface area contributed by atoms with E-state index in [2.05, 4.69) is 28.7 Å². The van der Waals surface area contributed by atoms with Gasteiger partial charge in [0.1, 0.15) is 13.2 Å². The highest BCUT2D eigenvalue weighted by atomic mass is 127. The maximum absolute atomic E-state index is 13.0. The van der Waals surface area contributed by atoms with Gasteiger partial charge in [-0.25, -0.2) is 0 Å². The van der Waals surface area contributed by atoms with Gasteiger partial charge in [-0.1, -0.05) is 42.7 Å². The summed E-state index contributed by atoms with van der Waals surface area (Å²) in [6.07, 6.45) is 5.78. The predicted octanol–water partition coefficient (Wildman–Crippen LogP) is 5.63. The fourth-order valence-electron chi connectivity index (χ4n) is 4.26. The molecule has 7 nitrogen and oxygen atoms in total. The SMILES string of the molecule is COc1cc(C=C2SC(=O)N(CC(=O)N3CCCCCC3)C2=O)cc(I)c1OCc1cccc(C)c1. The highest BCUT2D eigenvalue weighted by Crippen LogP contribution is 2.37. The number of carbonyl (C=O) groups excluding carboxylic acids is 3. The van der Waals surface area contributed by atoms with Gasteiger partial charge in [0, 0.05) is 13.1 Å². The monoisotopic (exact) mass is 620 g/mol. The normalized spacial score (nSPS) is 17.5. The van der Waals surface area contributed by atoms with E-state index in [-0.39, 0.29) is 17.4 Å². The second-order valence-corrected chi connectivity index (χ2v) is 11.0. The largest absolute Gasteiger partial charge is 0.493 e. The highest BCUT2D eigenvalue weighted by molar-refractivity contribution is 14.1. The molecular weight excluding hydrogens is 591 g/mol. The summed E-state index contributed by atoms with van der Waals surface area (Å²) >= 11 is 3.03.